The average molecular weight is 146 g/mol. The van der Waals surface area contributed by atoms with Crippen molar-refractivity contribution < 1.29 is 0 Å². The van der Waals surface area contributed by atoms with Crippen LogP contribution >= 0.6 is 0 Å². The van der Waals surface area contributed by atoms with Crippen molar-refractivity contribution in [2.75, 3.05) is 11.5 Å². The highest BCUT2D eigenvalue weighted by Crippen LogP contribution is 2.15. The number of hydrogen-bond acceptors (Lipinski definition) is 2. The van der Waals surface area contributed by atoms with Gasteiger partial charge in [-0.1, -0.05) is 6.07 Å². The van der Waals surface area contributed by atoms with Gasteiger partial charge in [-0.15, -0.1) is 12.3 Å². The molecule has 0 heterocycles. The van der Waals surface area contributed by atoms with E-state index in [0.29, 0.717) is 17.8 Å². The van der Waals surface area contributed by atoms with E-state index in [1.165, 1.54) is 0 Å². The van der Waals surface area contributed by atoms with Gasteiger partial charge in [0, 0.05) is 17.8 Å². The molecule has 1 aromatic carbocycles. The molecule has 1 rings (SSSR count). The summed E-state index contributed by atoms with van der Waals surface area (Å²) in [6, 6.07) is 5.36. The molecule has 0 aliphatic rings. The number of nitrogens with two attached hydrogens (primary N) is 2. The Labute approximate surface area is 66.2 Å². The fourth-order valence-electron chi connectivity index (χ4n) is 0.884. The normalized spacial score (nSPS) is 9.00. The van der Waals surface area contributed by atoms with Crippen molar-refractivity contribution in [3.05, 3.63) is 23.8 Å². The van der Waals surface area contributed by atoms with Crippen LogP contribution in [0.1, 0.15) is 5.56 Å². The first-order chi connectivity index (χ1) is 5.24. The topological polar surface area (TPSA) is 52.0 Å². The molecule has 0 saturated heterocycles. The predicted octanol–water partition coefficient (Wildman–Crippen LogP) is 1.03. The molecule has 0 spiro atoms. The van der Waals surface area contributed by atoms with Crippen LogP contribution in [0.5, 0.6) is 0 Å². The molecule has 4 N–H and O–H groups in total. The van der Waals surface area contributed by atoms with Crippen molar-refractivity contribution >= 4 is 11.4 Å². The summed E-state index contributed by atoms with van der Waals surface area (Å²) in [5.41, 5.74) is 13.4. The largest absolute Gasteiger partial charge is 0.399 e. The lowest BCUT2D eigenvalue weighted by Crippen LogP contribution is -1.95. The summed E-state index contributed by atoms with van der Waals surface area (Å²) in [6.45, 7) is 0. The van der Waals surface area contributed by atoms with Gasteiger partial charge in [-0.25, -0.2) is 0 Å². The van der Waals surface area contributed by atoms with Gasteiger partial charge in [0.1, 0.15) is 0 Å². The van der Waals surface area contributed by atoms with E-state index in [0.717, 1.165) is 5.56 Å². The van der Waals surface area contributed by atoms with E-state index in [2.05, 4.69) is 5.92 Å². The van der Waals surface area contributed by atoms with Crippen molar-refractivity contribution in [3.63, 3.8) is 0 Å². The van der Waals surface area contributed by atoms with Crippen LogP contribution in [0, 0.1) is 12.3 Å². The third-order valence-corrected chi connectivity index (χ3v) is 1.46. The molecular weight excluding hydrogens is 136 g/mol. The Balaban J connectivity index is 3.01. The second-order valence-electron chi connectivity index (χ2n) is 2.34. The molecule has 0 aliphatic heterocycles. The molecule has 0 unspecified atom stereocenters. The quantitative estimate of drug-likeness (QED) is 0.459. The van der Waals surface area contributed by atoms with Crippen molar-refractivity contribution in [1.29, 1.82) is 0 Å². The molecule has 0 atom stereocenters. The summed E-state index contributed by atoms with van der Waals surface area (Å²) in [5, 5.41) is 0. The molecular formula is C9H10N2. The van der Waals surface area contributed by atoms with Crippen LogP contribution in [0.15, 0.2) is 18.2 Å². The number of hydrogen-bond donors (Lipinski definition) is 2. The third kappa shape index (κ3) is 1.65. The van der Waals surface area contributed by atoms with Gasteiger partial charge in [-0.05, 0) is 17.7 Å². The molecule has 11 heavy (non-hydrogen) atoms. The van der Waals surface area contributed by atoms with Gasteiger partial charge >= 0.3 is 0 Å². The van der Waals surface area contributed by atoms with E-state index in [1.54, 1.807) is 12.1 Å². The zero-order valence-electron chi connectivity index (χ0n) is 6.17. The Morgan fingerprint density at radius 1 is 1.36 bits per heavy atom. The van der Waals surface area contributed by atoms with Gasteiger partial charge in [0.2, 0.25) is 0 Å². The van der Waals surface area contributed by atoms with Crippen molar-refractivity contribution in [3.8, 4) is 12.3 Å². The van der Waals surface area contributed by atoms with Crippen molar-refractivity contribution in [2.45, 2.75) is 6.42 Å². The van der Waals surface area contributed by atoms with E-state index >= 15 is 0 Å². The monoisotopic (exact) mass is 146 g/mol. The standard InChI is InChI=1S/C9H10N2/c1-2-3-7-4-5-8(10)6-9(7)11/h1,4-6H,3,10-11H2. The van der Waals surface area contributed by atoms with Crippen LogP contribution in [0.2, 0.25) is 0 Å². The minimum atomic E-state index is 0.562. The lowest BCUT2D eigenvalue weighted by molar-refractivity contribution is 1.33. The number of terminal acetylenes is 1. The van der Waals surface area contributed by atoms with Crippen LogP contribution in [0.4, 0.5) is 11.4 Å². The maximum absolute atomic E-state index is 5.63. The first kappa shape index (κ1) is 7.49. The third-order valence-electron chi connectivity index (χ3n) is 1.46. The Bertz CT molecular complexity index is 297. The van der Waals surface area contributed by atoms with Gasteiger partial charge in [0.05, 0.1) is 0 Å². The second-order valence-corrected chi connectivity index (χ2v) is 2.34. The molecule has 0 saturated carbocycles. The Morgan fingerprint density at radius 2 is 2.09 bits per heavy atom. The smallest absolute Gasteiger partial charge is 0.0377 e. The zero-order chi connectivity index (χ0) is 8.27. The molecule has 0 fully saturated rings. The van der Waals surface area contributed by atoms with E-state index in [4.69, 9.17) is 17.9 Å². The summed E-state index contributed by atoms with van der Waals surface area (Å²) >= 11 is 0. The summed E-state index contributed by atoms with van der Waals surface area (Å²) < 4.78 is 0. The first-order valence-corrected chi connectivity index (χ1v) is 3.31. The van der Waals surface area contributed by atoms with Crippen LogP contribution in [0.3, 0.4) is 0 Å². The molecule has 0 radical (unpaired) electrons. The minimum Gasteiger partial charge on any atom is -0.399 e. The fraction of sp³-hybridized carbons (Fsp3) is 0.111. The first-order valence-electron chi connectivity index (χ1n) is 3.31. The highest BCUT2D eigenvalue weighted by molar-refractivity contribution is 5.57. The van der Waals surface area contributed by atoms with E-state index in [-0.39, 0.29) is 0 Å². The molecule has 0 amide bonds. The van der Waals surface area contributed by atoms with Gasteiger partial charge in [-0.2, -0.15) is 0 Å². The number of benzene rings is 1. The maximum atomic E-state index is 5.63. The SMILES string of the molecule is C#CCc1ccc(N)cc1N. The maximum Gasteiger partial charge on any atom is 0.0377 e. The summed E-state index contributed by atoms with van der Waals surface area (Å²) in [5.74, 6) is 2.52. The molecule has 0 bridgehead atoms. The van der Waals surface area contributed by atoms with E-state index in [1.807, 2.05) is 6.07 Å². The van der Waals surface area contributed by atoms with Crippen molar-refractivity contribution in [1.82, 2.24) is 0 Å². The Morgan fingerprint density at radius 3 is 2.64 bits per heavy atom. The Kier molecular flexibility index (Phi) is 2.03. The van der Waals surface area contributed by atoms with Gasteiger partial charge < -0.3 is 11.5 Å². The van der Waals surface area contributed by atoms with Crippen molar-refractivity contribution in [2.24, 2.45) is 0 Å². The fourth-order valence-corrected chi connectivity index (χ4v) is 0.884. The summed E-state index contributed by atoms with van der Waals surface area (Å²) in [4.78, 5) is 0. The van der Waals surface area contributed by atoms with Gasteiger partial charge in [-0.3, -0.25) is 0 Å². The minimum absolute atomic E-state index is 0.562. The number of nitrogen functional groups attached to an aromatic ring is 2. The Hall–Kier alpha value is -1.62. The van der Waals surface area contributed by atoms with Crippen LogP contribution in [0.25, 0.3) is 0 Å². The molecule has 2 heteroatoms. The zero-order valence-corrected chi connectivity index (χ0v) is 6.17. The van der Waals surface area contributed by atoms with Crippen LogP contribution in [-0.2, 0) is 6.42 Å². The lowest BCUT2D eigenvalue weighted by Gasteiger charge is -2.01. The summed E-state index contributed by atoms with van der Waals surface area (Å²) in [6.07, 6.45) is 5.69. The lowest BCUT2D eigenvalue weighted by atomic mass is 10.1. The summed E-state index contributed by atoms with van der Waals surface area (Å²) in [7, 11) is 0. The number of rotatable bonds is 1. The van der Waals surface area contributed by atoms with Gasteiger partial charge in [0.15, 0.2) is 0 Å². The molecule has 56 valence electrons. The van der Waals surface area contributed by atoms with E-state index < -0.39 is 0 Å². The van der Waals surface area contributed by atoms with Gasteiger partial charge in [0.25, 0.3) is 0 Å². The molecule has 1 aromatic rings. The number of anilines is 2. The average Bonchev–Trinajstić information content (AvgIpc) is 1.95. The molecule has 2 nitrogen and oxygen atoms in total. The highest BCUT2D eigenvalue weighted by Gasteiger charge is 1.95. The molecule has 0 aromatic heterocycles. The highest BCUT2D eigenvalue weighted by atomic mass is 14.6. The predicted molar refractivity (Wildman–Crippen MR) is 47.8 cm³/mol. The van der Waals surface area contributed by atoms with Crippen LogP contribution in [-0.4, -0.2) is 0 Å². The second kappa shape index (κ2) is 2.98. The van der Waals surface area contributed by atoms with E-state index in [9.17, 15) is 0 Å². The van der Waals surface area contributed by atoms with Crippen LogP contribution < -0.4 is 11.5 Å². The molecule has 0 aliphatic carbocycles.